The zero-order valence-electron chi connectivity index (χ0n) is 19.2. The summed E-state index contributed by atoms with van der Waals surface area (Å²) < 4.78 is 11.3. The molecule has 0 spiro atoms. The molecule has 9 heteroatoms. The van der Waals surface area contributed by atoms with E-state index in [0.29, 0.717) is 18.7 Å². The first-order valence-corrected chi connectivity index (χ1v) is 13.0. The third-order valence-electron chi connectivity index (χ3n) is 6.94. The molecule has 184 valence electrons. The fourth-order valence-electron chi connectivity index (χ4n) is 5.17. The maximum atomic E-state index is 12.9. The number of aliphatic carboxylic acids is 1. The molecule has 2 aromatic carbocycles. The Morgan fingerprint density at radius 2 is 1.77 bits per heavy atom. The van der Waals surface area contributed by atoms with E-state index in [2.05, 4.69) is 29.6 Å². The number of thioether (sulfide) groups is 1. The third-order valence-corrected chi connectivity index (χ3v) is 7.97. The Hall–Kier alpha value is -3.04. The molecule has 2 aromatic rings. The summed E-state index contributed by atoms with van der Waals surface area (Å²) in [7, 11) is 0. The highest BCUT2D eigenvalue weighted by Crippen LogP contribution is 2.44. The van der Waals surface area contributed by atoms with Gasteiger partial charge >= 0.3 is 12.1 Å². The number of carboxylic acid groups (broad SMARTS) is 1. The second kappa shape index (κ2) is 10.3. The Kier molecular flexibility index (Phi) is 6.97. The van der Waals surface area contributed by atoms with Crippen LogP contribution < -0.4 is 5.32 Å². The summed E-state index contributed by atoms with van der Waals surface area (Å²) in [5, 5.41) is 12.2. The molecule has 3 aliphatic rings. The number of benzene rings is 2. The van der Waals surface area contributed by atoms with E-state index in [1.54, 1.807) is 11.8 Å². The van der Waals surface area contributed by atoms with Crippen molar-refractivity contribution in [2.24, 2.45) is 5.92 Å². The second-order valence-corrected chi connectivity index (χ2v) is 10.2. The van der Waals surface area contributed by atoms with E-state index in [9.17, 15) is 19.5 Å². The topological polar surface area (TPSA) is 105 Å². The predicted octanol–water partition coefficient (Wildman–Crippen LogP) is 2.96. The maximum Gasteiger partial charge on any atom is 0.407 e. The van der Waals surface area contributed by atoms with Crippen LogP contribution in [0.4, 0.5) is 4.79 Å². The lowest BCUT2D eigenvalue weighted by atomic mass is 9.98. The van der Waals surface area contributed by atoms with Crippen LogP contribution in [-0.2, 0) is 19.1 Å². The van der Waals surface area contributed by atoms with Gasteiger partial charge in [0, 0.05) is 30.5 Å². The van der Waals surface area contributed by atoms with Crippen molar-refractivity contribution in [2.75, 3.05) is 37.8 Å². The molecule has 2 N–H and O–H groups in total. The van der Waals surface area contributed by atoms with Crippen molar-refractivity contribution < 1.29 is 29.0 Å². The number of amides is 2. The first kappa shape index (κ1) is 23.7. The van der Waals surface area contributed by atoms with Crippen molar-refractivity contribution in [3.05, 3.63) is 59.7 Å². The van der Waals surface area contributed by atoms with E-state index in [1.807, 2.05) is 24.3 Å². The molecule has 2 aliphatic heterocycles. The quantitative estimate of drug-likeness (QED) is 0.634. The number of carbonyl (C=O) groups is 3. The zero-order valence-corrected chi connectivity index (χ0v) is 20.0. The Morgan fingerprint density at radius 3 is 2.46 bits per heavy atom. The van der Waals surface area contributed by atoms with Crippen LogP contribution >= 0.6 is 11.8 Å². The minimum absolute atomic E-state index is 0.0113. The van der Waals surface area contributed by atoms with Gasteiger partial charge in [0.2, 0.25) is 5.91 Å². The lowest BCUT2D eigenvalue weighted by Gasteiger charge is -2.34. The van der Waals surface area contributed by atoms with Crippen molar-refractivity contribution in [1.82, 2.24) is 10.2 Å². The molecule has 8 nitrogen and oxygen atoms in total. The van der Waals surface area contributed by atoms with Gasteiger partial charge in [-0.15, -0.1) is 0 Å². The summed E-state index contributed by atoms with van der Waals surface area (Å²) in [6, 6.07) is 15.5. The van der Waals surface area contributed by atoms with Crippen molar-refractivity contribution in [1.29, 1.82) is 0 Å². The summed E-state index contributed by atoms with van der Waals surface area (Å²) in [5.74, 6) is -0.423. The summed E-state index contributed by atoms with van der Waals surface area (Å²) in [5.41, 5.74) is 4.64. The summed E-state index contributed by atoms with van der Waals surface area (Å²) in [6.45, 7) is 1.13. The highest BCUT2D eigenvalue weighted by Gasteiger charge is 2.39. The van der Waals surface area contributed by atoms with Crippen LogP contribution in [0.3, 0.4) is 0 Å². The number of nitrogens with one attached hydrogen (secondary N) is 1. The molecule has 35 heavy (non-hydrogen) atoms. The lowest BCUT2D eigenvalue weighted by Crippen LogP contribution is -2.52. The molecule has 2 amide bonds. The van der Waals surface area contributed by atoms with Gasteiger partial charge in [-0.3, -0.25) is 4.79 Å². The molecule has 5 rings (SSSR count). The number of alkyl carbamates (subject to hydrolysis) is 1. The van der Waals surface area contributed by atoms with Gasteiger partial charge in [-0.05, 0) is 28.7 Å². The van der Waals surface area contributed by atoms with E-state index < -0.39 is 24.0 Å². The first-order valence-electron chi connectivity index (χ1n) is 11.8. The summed E-state index contributed by atoms with van der Waals surface area (Å²) >= 11 is 1.55. The van der Waals surface area contributed by atoms with Crippen molar-refractivity contribution in [3.63, 3.8) is 0 Å². The molecule has 0 bridgehead atoms. The van der Waals surface area contributed by atoms with Crippen LogP contribution in [-0.4, -0.2) is 77.9 Å². The summed E-state index contributed by atoms with van der Waals surface area (Å²) in [6.07, 6.45) is -0.394. The number of fused-ring (bicyclic) bond motifs is 3. The number of hydrogen-bond donors (Lipinski definition) is 2. The fourth-order valence-corrected chi connectivity index (χ4v) is 6.21. The normalized spacial score (nSPS) is 23.4. The highest BCUT2D eigenvalue weighted by molar-refractivity contribution is 7.99. The number of nitrogens with zero attached hydrogens (tertiary/aromatic N) is 1. The van der Waals surface area contributed by atoms with Gasteiger partial charge in [0.25, 0.3) is 0 Å². The molecule has 2 fully saturated rings. The molecule has 2 saturated heterocycles. The average molecular weight is 497 g/mol. The molecular formula is C26H28N2O6S. The van der Waals surface area contributed by atoms with Gasteiger partial charge in [0.05, 0.1) is 18.6 Å². The molecule has 1 aliphatic carbocycles. The number of hydrogen-bond acceptors (Lipinski definition) is 6. The average Bonchev–Trinajstić information content (AvgIpc) is 3.49. The van der Waals surface area contributed by atoms with Crippen LogP contribution in [0, 0.1) is 5.92 Å². The Morgan fingerprint density at radius 1 is 1.09 bits per heavy atom. The number of carbonyl (C=O) groups excluding carboxylic acids is 2. The van der Waals surface area contributed by atoms with E-state index >= 15 is 0 Å². The van der Waals surface area contributed by atoms with Crippen molar-refractivity contribution in [2.45, 2.75) is 24.5 Å². The van der Waals surface area contributed by atoms with Crippen LogP contribution in [0.2, 0.25) is 0 Å². The first-order chi connectivity index (χ1) is 17.0. The Labute approximate surface area is 208 Å². The predicted molar refractivity (Wildman–Crippen MR) is 131 cm³/mol. The van der Waals surface area contributed by atoms with Gasteiger partial charge in [-0.25, -0.2) is 9.59 Å². The molecule has 3 atom stereocenters. The lowest BCUT2D eigenvalue weighted by molar-refractivity contribution is -0.151. The van der Waals surface area contributed by atoms with E-state index in [4.69, 9.17) is 9.47 Å². The highest BCUT2D eigenvalue weighted by atomic mass is 32.2. The number of ether oxygens (including phenoxy) is 2. The monoisotopic (exact) mass is 496 g/mol. The number of rotatable bonds is 6. The van der Waals surface area contributed by atoms with Crippen LogP contribution in [0.1, 0.15) is 23.5 Å². The summed E-state index contributed by atoms with van der Waals surface area (Å²) in [4.78, 5) is 38.3. The molecular weight excluding hydrogens is 468 g/mol. The molecule has 0 saturated carbocycles. The fraction of sp³-hybridized carbons (Fsp3) is 0.423. The third kappa shape index (κ3) is 4.88. The zero-order chi connectivity index (χ0) is 24.4. The van der Waals surface area contributed by atoms with Crippen LogP contribution in [0.5, 0.6) is 0 Å². The van der Waals surface area contributed by atoms with Gasteiger partial charge in [-0.1, -0.05) is 48.5 Å². The standard InChI is InChI=1S/C26H28N2O6S/c29-24(28-9-10-35-15-23(28)25(30)31)16-11-17(33-13-16)12-27-26(32)34-14-22-20-7-3-1-5-18(20)19-6-2-4-8-21(19)22/h1-8,16-17,22-23H,9-15H2,(H,27,32)(H,30,31). The van der Waals surface area contributed by atoms with E-state index in [0.717, 1.165) is 16.9 Å². The Balaban J connectivity index is 1.11. The molecule has 0 aromatic heterocycles. The largest absolute Gasteiger partial charge is 0.480 e. The van der Waals surface area contributed by atoms with Crippen molar-refractivity contribution in [3.8, 4) is 11.1 Å². The van der Waals surface area contributed by atoms with Gasteiger partial charge in [-0.2, -0.15) is 11.8 Å². The minimum atomic E-state index is -0.974. The Bertz CT molecular complexity index is 1080. The van der Waals surface area contributed by atoms with Gasteiger partial charge < -0.3 is 24.8 Å². The molecule has 3 unspecified atom stereocenters. The van der Waals surface area contributed by atoms with Crippen LogP contribution in [0.25, 0.3) is 11.1 Å². The van der Waals surface area contributed by atoms with Gasteiger partial charge in [0.1, 0.15) is 12.6 Å². The minimum Gasteiger partial charge on any atom is -0.480 e. The van der Waals surface area contributed by atoms with Gasteiger partial charge in [0.15, 0.2) is 0 Å². The van der Waals surface area contributed by atoms with Crippen molar-refractivity contribution >= 4 is 29.7 Å². The van der Waals surface area contributed by atoms with Crippen LogP contribution in [0.15, 0.2) is 48.5 Å². The maximum absolute atomic E-state index is 12.9. The molecule has 0 radical (unpaired) electrons. The van der Waals surface area contributed by atoms with E-state index in [1.165, 1.54) is 16.0 Å². The SMILES string of the molecule is O=C(NCC1CC(C(=O)N2CCSCC2C(=O)O)CO1)OCC1c2ccccc2-c2ccccc21. The number of carboxylic acids is 1. The van der Waals surface area contributed by atoms with E-state index in [-0.39, 0.29) is 37.7 Å². The second-order valence-electron chi connectivity index (χ2n) is 9.05. The smallest absolute Gasteiger partial charge is 0.407 e. The molecule has 2 heterocycles.